The molecule has 0 aliphatic heterocycles. The molecule has 0 radical (unpaired) electrons. The number of rotatable bonds is 5. The molecule has 0 fully saturated rings. The molecule has 3 N–H and O–H groups in total. The van der Waals surface area contributed by atoms with Gasteiger partial charge in [0.25, 0.3) is 5.16 Å². The Kier molecular flexibility index (Phi) is 4.34. The van der Waals surface area contributed by atoms with Gasteiger partial charge >= 0.3 is 5.69 Å². The molecule has 0 amide bonds. The summed E-state index contributed by atoms with van der Waals surface area (Å²) in [6.07, 6.45) is 0.437. The summed E-state index contributed by atoms with van der Waals surface area (Å²) in [5.41, 5.74) is 7.86. The molecule has 0 saturated heterocycles. The van der Waals surface area contributed by atoms with Gasteiger partial charge in [-0.3, -0.25) is 4.57 Å². The summed E-state index contributed by atoms with van der Waals surface area (Å²) in [5, 5.41) is -0.351. The molecule has 1 aromatic carbocycles. The summed E-state index contributed by atoms with van der Waals surface area (Å²) in [6.45, 7) is 3.98. The lowest BCUT2D eigenvalue weighted by Crippen LogP contribution is -2.18. The average Bonchev–Trinajstić information content (AvgIpc) is 2.86. The zero-order valence-corrected chi connectivity index (χ0v) is 14.8. The number of aryl methyl sites for hydroxylation is 1. The summed E-state index contributed by atoms with van der Waals surface area (Å²) >= 11 is 0. The fourth-order valence-corrected chi connectivity index (χ4v) is 3.74. The van der Waals surface area contributed by atoms with E-state index in [1.54, 1.807) is 6.92 Å². The minimum Gasteiger partial charge on any atom is -0.382 e. The minimum absolute atomic E-state index is 0.0561. The Morgan fingerprint density at radius 2 is 1.88 bits per heavy atom. The van der Waals surface area contributed by atoms with Crippen LogP contribution in [0.5, 0.6) is 0 Å². The number of anilines is 1. The Balaban J connectivity index is 2.15. The third-order valence-corrected chi connectivity index (χ3v) is 5.53. The molecule has 8 nitrogen and oxygen atoms in total. The summed E-state index contributed by atoms with van der Waals surface area (Å²) in [7, 11) is -3.64. The Morgan fingerprint density at radius 1 is 1.20 bits per heavy atom. The van der Waals surface area contributed by atoms with E-state index in [9.17, 15) is 13.2 Å². The van der Waals surface area contributed by atoms with E-state index in [2.05, 4.69) is 15.0 Å². The zero-order valence-electron chi connectivity index (χ0n) is 14.0. The average molecular weight is 361 g/mol. The number of nitrogens with zero attached hydrogens (tertiary/aromatic N) is 3. The summed E-state index contributed by atoms with van der Waals surface area (Å²) < 4.78 is 25.9. The van der Waals surface area contributed by atoms with Crippen molar-refractivity contribution in [2.45, 2.75) is 32.0 Å². The van der Waals surface area contributed by atoms with E-state index in [-0.39, 0.29) is 34.4 Å². The molecule has 25 heavy (non-hydrogen) atoms. The fourth-order valence-electron chi connectivity index (χ4n) is 2.55. The number of aromatic nitrogens is 4. The van der Waals surface area contributed by atoms with E-state index < -0.39 is 15.5 Å². The van der Waals surface area contributed by atoms with E-state index in [1.165, 1.54) is 4.57 Å². The SMILES string of the molecule is CCCS(=O)(=O)c1nc(N)c2[nH]c(=O)n(Cc3ccc(C)cc3)c2n1. The van der Waals surface area contributed by atoms with Crippen LogP contribution in [0.15, 0.2) is 34.2 Å². The molecule has 3 aromatic rings. The molecular formula is C16H19N5O3S. The second-order valence-electron chi connectivity index (χ2n) is 5.91. The highest BCUT2D eigenvalue weighted by molar-refractivity contribution is 7.91. The summed E-state index contributed by atoms with van der Waals surface area (Å²) in [6, 6.07) is 7.69. The molecule has 0 unspecified atom stereocenters. The number of fused-ring (bicyclic) bond motifs is 1. The van der Waals surface area contributed by atoms with E-state index in [0.29, 0.717) is 6.42 Å². The van der Waals surface area contributed by atoms with Gasteiger partial charge in [0, 0.05) is 0 Å². The van der Waals surface area contributed by atoms with Crippen LogP contribution in [0.3, 0.4) is 0 Å². The number of nitrogens with one attached hydrogen (secondary N) is 1. The number of nitrogen functional groups attached to an aromatic ring is 1. The van der Waals surface area contributed by atoms with Gasteiger partial charge in [-0.15, -0.1) is 0 Å². The molecule has 0 spiro atoms. The van der Waals surface area contributed by atoms with Gasteiger partial charge in [-0.25, -0.2) is 13.2 Å². The first-order valence-electron chi connectivity index (χ1n) is 7.86. The Morgan fingerprint density at radius 3 is 2.52 bits per heavy atom. The molecule has 2 aromatic heterocycles. The number of hydrogen-bond donors (Lipinski definition) is 2. The van der Waals surface area contributed by atoms with Crippen LogP contribution >= 0.6 is 0 Å². The first kappa shape index (κ1) is 17.2. The van der Waals surface area contributed by atoms with Gasteiger partial charge in [-0.1, -0.05) is 36.8 Å². The van der Waals surface area contributed by atoms with Crippen LogP contribution in [0, 0.1) is 6.92 Å². The number of aromatic amines is 1. The van der Waals surface area contributed by atoms with Gasteiger partial charge in [0.15, 0.2) is 11.5 Å². The lowest BCUT2D eigenvalue weighted by molar-refractivity contribution is 0.586. The highest BCUT2D eigenvalue weighted by atomic mass is 32.2. The third kappa shape index (κ3) is 3.27. The van der Waals surface area contributed by atoms with Gasteiger partial charge in [-0.2, -0.15) is 9.97 Å². The lowest BCUT2D eigenvalue weighted by Gasteiger charge is -2.06. The van der Waals surface area contributed by atoms with Crippen molar-refractivity contribution in [1.82, 2.24) is 19.5 Å². The van der Waals surface area contributed by atoms with Crippen molar-refractivity contribution in [1.29, 1.82) is 0 Å². The number of benzene rings is 1. The molecule has 132 valence electrons. The predicted molar refractivity (Wildman–Crippen MR) is 95.2 cm³/mol. The topological polar surface area (TPSA) is 124 Å². The second kappa shape index (κ2) is 6.32. The Labute approximate surface area is 144 Å². The van der Waals surface area contributed by atoms with E-state index >= 15 is 0 Å². The molecule has 0 aliphatic carbocycles. The monoisotopic (exact) mass is 361 g/mol. The van der Waals surface area contributed by atoms with Crippen LogP contribution in [-0.4, -0.2) is 33.7 Å². The molecule has 0 atom stereocenters. The molecule has 9 heteroatoms. The Hall–Kier alpha value is -2.68. The van der Waals surface area contributed by atoms with E-state index in [0.717, 1.165) is 11.1 Å². The molecule has 0 saturated carbocycles. The highest BCUT2D eigenvalue weighted by Crippen LogP contribution is 2.18. The normalized spacial score (nSPS) is 11.9. The smallest absolute Gasteiger partial charge is 0.328 e. The van der Waals surface area contributed by atoms with Gasteiger partial charge in [0.1, 0.15) is 5.52 Å². The van der Waals surface area contributed by atoms with Crippen molar-refractivity contribution in [3.05, 3.63) is 45.9 Å². The van der Waals surface area contributed by atoms with Gasteiger partial charge in [0.2, 0.25) is 9.84 Å². The largest absolute Gasteiger partial charge is 0.382 e. The van der Waals surface area contributed by atoms with Crippen molar-refractivity contribution in [2.75, 3.05) is 11.5 Å². The van der Waals surface area contributed by atoms with E-state index in [4.69, 9.17) is 5.73 Å². The number of hydrogen-bond acceptors (Lipinski definition) is 6. The first-order chi connectivity index (χ1) is 11.8. The maximum atomic E-state index is 12.3. The van der Waals surface area contributed by atoms with E-state index in [1.807, 2.05) is 31.2 Å². The number of nitrogens with two attached hydrogens (primary N) is 1. The van der Waals surface area contributed by atoms with Crippen LogP contribution < -0.4 is 11.4 Å². The molecular weight excluding hydrogens is 342 g/mol. The maximum Gasteiger partial charge on any atom is 0.328 e. The molecule has 3 rings (SSSR count). The molecule has 0 bridgehead atoms. The number of imidazole rings is 1. The van der Waals surface area contributed by atoms with Crippen molar-refractivity contribution in [3.63, 3.8) is 0 Å². The van der Waals surface area contributed by atoms with Crippen LogP contribution in [-0.2, 0) is 16.4 Å². The van der Waals surface area contributed by atoms with Gasteiger partial charge in [-0.05, 0) is 18.9 Å². The zero-order chi connectivity index (χ0) is 18.2. The van der Waals surface area contributed by atoms with Crippen molar-refractivity contribution in [2.24, 2.45) is 0 Å². The van der Waals surface area contributed by atoms with Crippen LogP contribution in [0.4, 0.5) is 5.82 Å². The van der Waals surface area contributed by atoms with Crippen molar-refractivity contribution < 1.29 is 8.42 Å². The predicted octanol–water partition coefficient (Wildman–Crippen LogP) is 1.24. The molecule has 0 aliphatic rings. The maximum absolute atomic E-state index is 12.3. The van der Waals surface area contributed by atoms with Gasteiger partial charge in [0.05, 0.1) is 12.3 Å². The fraction of sp³-hybridized carbons (Fsp3) is 0.312. The number of sulfone groups is 1. The standard InChI is InChI=1S/C16H19N5O3S/c1-3-8-25(23,24)15-19-13(17)12-14(20-15)21(16(22)18-12)9-11-6-4-10(2)5-7-11/h4-7H,3,8-9H2,1-2H3,(H,18,22)(H2,17,19,20). The summed E-state index contributed by atoms with van der Waals surface area (Å²) in [4.78, 5) is 22.9. The quantitative estimate of drug-likeness (QED) is 0.659. The number of H-pyrrole nitrogens is 1. The first-order valence-corrected chi connectivity index (χ1v) is 9.51. The van der Waals surface area contributed by atoms with Crippen LogP contribution in [0.2, 0.25) is 0 Å². The molecule has 2 heterocycles. The second-order valence-corrected chi connectivity index (χ2v) is 7.91. The highest BCUT2D eigenvalue weighted by Gasteiger charge is 2.22. The van der Waals surface area contributed by atoms with Crippen LogP contribution in [0.25, 0.3) is 11.2 Å². The van der Waals surface area contributed by atoms with Gasteiger partial charge < -0.3 is 10.7 Å². The van der Waals surface area contributed by atoms with Crippen molar-refractivity contribution in [3.8, 4) is 0 Å². The lowest BCUT2D eigenvalue weighted by atomic mass is 10.1. The van der Waals surface area contributed by atoms with Crippen LogP contribution in [0.1, 0.15) is 24.5 Å². The Bertz CT molecular complexity index is 1080. The minimum atomic E-state index is -3.64. The third-order valence-electron chi connectivity index (χ3n) is 3.84. The van der Waals surface area contributed by atoms with Crippen molar-refractivity contribution >= 4 is 26.8 Å². The summed E-state index contributed by atoms with van der Waals surface area (Å²) in [5.74, 6) is -0.135.